The number of methoxy groups -OCH3 is 1. The number of hydrogen-bond acceptors (Lipinski definition) is 2. The normalized spacial score (nSPS) is 11.5. The molecule has 0 bridgehead atoms. The van der Waals surface area contributed by atoms with Crippen LogP contribution in [0.2, 0.25) is 0 Å². The van der Waals surface area contributed by atoms with Gasteiger partial charge in [0, 0.05) is 0 Å². The van der Waals surface area contributed by atoms with Crippen molar-refractivity contribution < 1.29 is 14.9 Å². The minimum atomic E-state index is -0.949. The molecule has 0 spiro atoms. The highest BCUT2D eigenvalue weighted by Crippen LogP contribution is 2.28. The number of nitrogens with zero attached hydrogens (tertiary/aromatic N) is 1. The number of aromatic nitrogens is 1. The Morgan fingerprint density at radius 3 is 2.86 bits per heavy atom. The van der Waals surface area contributed by atoms with Crippen LogP contribution in [0.1, 0.15) is 1.37 Å². The maximum Gasteiger partial charge on any atom is 0.184 e. The third-order valence-corrected chi connectivity index (χ3v) is 1.90. The van der Waals surface area contributed by atoms with Crippen LogP contribution in [-0.2, 0) is 0 Å². The number of ether oxygens (including phenoxy) is 1. The van der Waals surface area contributed by atoms with Crippen molar-refractivity contribution in [2.75, 3.05) is 7.11 Å². The van der Waals surface area contributed by atoms with Crippen LogP contribution in [0.4, 0.5) is 8.78 Å². The minimum Gasteiger partial charge on any atom is -0.493 e. The Bertz CT molecular complexity index is 530. The Kier molecular flexibility index (Phi) is 1.76. The molecule has 1 aromatic carbocycles. The first-order chi connectivity index (χ1) is 7.15. The Hall–Kier alpha value is -1.71. The molecule has 0 unspecified atom stereocenters. The van der Waals surface area contributed by atoms with Crippen molar-refractivity contribution in [3.63, 3.8) is 0 Å². The first-order valence-corrected chi connectivity index (χ1v) is 3.93. The molecule has 0 atom stereocenters. The fourth-order valence-corrected chi connectivity index (χ4v) is 1.29. The Labute approximate surface area is 80.5 Å². The topological polar surface area (TPSA) is 22.1 Å². The molecule has 0 aliphatic carbocycles. The summed E-state index contributed by atoms with van der Waals surface area (Å²) in [6.45, 7) is 0. The molecule has 0 N–H and O–H groups in total. The molecule has 0 saturated carbocycles. The average Bonchev–Trinajstić information content (AvgIpc) is 2.21. The SMILES string of the molecule is [2H]c1nc2cccc(F)c2c(OC)c1F. The summed E-state index contributed by atoms with van der Waals surface area (Å²) in [7, 11) is 1.23. The maximum absolute atomic E-state index is 13.4. The summed E-state index contributed by atoms with van der Waals surface area (Å²) in [4.78, 5) is 3.62. The molecule has 2 nitrogen and oxygen atoms in total. The Morgan fingerprint density at radius 1 is 1.36 bits per heavy atom. The first-order valence-electron chi connectivity index (χ1n) is 4.43. The summed E-state index contributed by atoms with van der Waals surface area (Å²) in [5, 5.41) is -0.0338. The zero-order valence-electron chi connectivity index (χ0n) is 8.34. The minimum absolute atomic E-state index is 0.0338. The zero-order valence-corrected chi connectivity index (χ0v) is 7.34. The first kappa shape index (κ1) is 7.67. The van der Waals surface area contributed by atoms with E-state index in [1.807, 2.05) is 0 Å². The van der Waals surface area contributed by atoms with Gasteiger partial charge >= 0.3 is 0 Å². The summed E-state index contributed by atoms with van der Waals surface area (Å²) in [6, 6.07) is 4.13. The van der Waals surface area contributed by atoms with Gasteiger partial charge in [0.1, 0.15) is 5.82 Å². The zero-order chi connectivity index (χ0) is 11.0. The van der Waals surface area contributed by atoms with Crippen LogP contribution in [-0.4, -0.2) is 12.1 Å². The highest BCUT2D eigenvalue weighted by Gasteiger charge is 2.12. The number of benzene rings is 1. The van der Waals surface area contributed by atoms with Gasteiger partial charge in [-0.05, 0) is 12.1 Å². The van der Waals surface area contributed by atoms with Crippen molar-refractivity contribution in [1.82, 2.24) is 4.98 Å². The lowest BCUT2D eigenvalue weighted by Gasteiger charge is -2.06. The molecular weight excluding hydrogens is 188 g/mol. The van der Waals surface area contributed by atoms with E-state index in [2.05, 4.69) is 4.98 Å². The highest BCUT2D eigenvalue weighted by molar-refractivity contribution is 5.85. The van der Waals surface area contributed by atoms with Gasteiger partial charge in [0.15, 0.2) is 11.6 Å². The molecule has 72 valence electrons. The fourth-order valence-electron chi connectivity index (χ4n) is 1.29. The largest absolute Gasteiger partial charge is 0.493 e. The fraction of sp³-hybridized carbons (Fsp3) is 0.100. The molecule has 0 fully saturated rings. The number of pyridine rings is 1. The molecule has 2 rings (SSSR count). The van der Waals surface area contributed by atoms with Gasteiger partial charge in [-0.3, -0.25) is 4.98 Å². The summed E-state index contributed by atoms with van der Waals surface area (Å²) in [5.74, 6) is -1.84. The van der Waals surface area contributed by atoms with Gasteiger partial charge in [-0.1, -0.05) is 6.07 Å². The molecule has 1 aromatic heterocycles. The third kappa shape index (κ3) is 1.19. The van der Waals surface area contributed by atoms with E-state index < -0.39 is 17.8 Å². The van der Waals surface area contributed by atoms with Gasteiger partial charge in [-0.25, -0.2) is 8.78 Å². The summed E-state index contributed by atoms with van der Waals surface area (Å²) in [5.41, 5.74) is 0.207. The van der Waals surface area contributed by atoms with E-state index >= 15 is 0 Å². The van der Waals surface area contributed by atoms with Crippen LogP contribution in [0.5, 0.6) is 5.75 Å². The second-order valence-corrected chi connectivity index (χ2v) is 2.70. The van der Waals surface area contributed by atoms with Crippen molar-refractivity contribution in [3.8, 4) is 5.75 Å². The molecule has 0 amide bonds. The maximum atomic E-state index is 13.4. The van der Waals surface area contributed by atoms with Crippen LogP contribution < -0.4 is 4.74 Å². The van der Waals surface area contributed by atoms with E-state index in [4.69, 9.17) is 6.11 Å². The van der Waals surface area contributed by atoms with E-state index in [0.717, 1.165) is 0 Å². The van der Waals surface area contributed by atoms with Crippen molar-refractivity contribution in [2.24, 2.45) is 0 Å². The van der Waals surface area contributed by atoms with Crippen LogP contribution in [0, 0.1) is 11.6 Å². The van der Waals surface area contributed by atoms with Gasteiger partial charge in [0.25, 0.3) is 0 Å². The molecule has 1 heterocycles. The molecular formula is C10H7F2NO. The molecule has 4 heteroatoms. The Balaban J connectivity index is 2.96. The number of fused-ring (bicyclic) bond motifs is 1. The van der Waals surface area contributed by atoms with Crippen LogP contribution in [0.3, 0.4) is 0 Å². The van der Waals surface area contributed by atoms with Crippen molar-refractivity contribution in [1.29, 1.82) is 0 Å². The second-order valence-electron chi connectivity index (χ2n) is 2.70. The van der Waals surface area contributed by atoms with Gasteiger partial charge in [-0.2, -0.15) is 0 Å². The van der Waals surface area contributed by atoms with Gasteiger partial charge in [0.2, 0.25) is 0 Å². The number of halogens is 2. The molecule has 0 radical (unpaired) electrons. The van der Waals surface area contributed by atoms with Crippen molar-refractivity contribution in [2.45, 2.75) is 0 Å². The Morgan fingerprint density at radius 2 is 2.14 bits per heavy atom. The lowest BCUT2D eigenvalue weighted by Crippen LogP contribution is -1.93. The van der Waals surface area contributed by atoms with Crippen LogP contribution in [0.15, 0.2) is 24.4 Å². The molecule has 0 saturated heterocycles. The third-order valence-electron chi connectivity index (χ3n) is 1.90. The van der Waals surface area contributed by atoms with Crippen LogP contribution in [0.25, 0.3) is 10.9 Å². The molecule has 0 aliphatic heterocycles. The molecule has 2 aromatic rings. The summed E-state index contributed by atoms with van der Waals surface area (Å²) < 4.78 is 38.7. The lowest BCUT2D eigenvalue weighted by atomic mass is 10.2. The van der Waals surface area contributed by atoms with Gasteiger partial charge in [-0.15, -0.1) is 0 Å². The van der Waals surface area contributed by atoms with E-state index in [0.29, 0.717) is 0 Å². The van der Waals surface area contributed by atoms with E-state index in [9.17, 15) is 8.78 Å². The molecule has 0 aliphatic rings. The van der Waals surface area contributed by atoms with E-state index in [1.165, 1.54) is 25.3 Å². The average molecular weight is 196 g/mol. The predicted molar refractivity (Wildman–Crippen MR) is 48.2 cm³/mol. The monoisotopic (exact) mass is 196 g/mol. The van der Waals surface area contributed by atoms with Crippen molar-refractivity contribution >= 4 is 10.9 Å². The lowest BCUT2D eigenvalue weighted by molar-refractivity contribution is 0.389. The standard InChI is InChI=1S/C10H7F2NO/c1-14-10-7(12)5-13-8-4-2-3-6(11)9(8)10/h2-5H,1H3/i5D. The predicted octanol–water partition coefficient (Wildman–Crippen LogP) is 2.52. The smallest absolute Gasteiger partial charge is 0.184 e. The highest BCUT2D eigenvalue weighted by atomic mass is 19.1. The van der Waals surface area contributed by atoms with E-state index in [1.54, 1.807) is 0 Å². The summed E-state index contributed by atoms with van der Waals surface area (Å²) in [6.07, 6.45) is -0.551. The molecule has 14 heavy (non-hydrogen) atoms. The quantitative estimate of drug-likeness (QED) is 0.699. The van der Waals surface area contributed by atoms with Crippen molar-refractivity contribution in [3.05, 3.63) is 36.0 Å². The number of rotatable bonds is 1. The van der Waals surface area contributed by atoms with Crippen LogP contribution >= 0.6 is 0 Å². The van der Waals surface area contributed by atoms with Gasteiger partial charge in [0.05, 0.1) is 25.6 Å². The second kappa shape index (κ2) is 3.21. The van der Waals surface area contributed by atoms with Gasteiger partial charge < -0.3 is 4.74 Å². The number of hydrogen-bond donors (Lipinski definition) is 0. The van der Waals surface area contributed by atoms with E-state index in [-0.39, 0.29) is 16.7 Å². The summed E-state index contributed by atoms with van der Waals surface area (Å²) >= 11 is 0.